The van der Waals surface area contributed by atoms with Crippen LogP contribution in [0.5, 0.6) is 0 Å². The fourth-order valence-electron chi connectivity index (χ4n) is 5.44. The third kappa shape index (κ3) is 4.76. The van der Waals surface area contributed by atoms with Gasteiger partial charge in [-0.1, -0.05) is 30.3 Å². The topological polar surface area (TPSA) is 47.6 Å². The van der Waals surface area contributed by atoms with Crippen molar-refractivity contribution in [3.05, 3.63) is 35.9 Å². The number of nitrogens with one attached hydrogen (secondary N) is 2. The Bertz CT molecular complexity index is 604. The first-order valence-electron chi connectivity index (χ1n) is 10.8. The molecular formula is C23H38N4O. The summed E-state index contributed by atoms with van der Waals surface area (Å²) in [5.74, 6) is 0.772. The number of carbonyl (C=O) groups excluding carboxylic acids is 1. The molecule has 1 aliphatic carbocycles. The minimum absolute atomic E-state index is 0.0585. The van der Waals surface area contributed by atoms with Gasteiger partial charge < -0.3 is 15.5 Å². The van der Waals surface area contributed by atoms with Crippen LogP contribution in [0.1, 0.15) is 44.1 Å². The van der Waals surface area contributed by atoms with Crippen LogP contribution in [0.25, 0.3) is 0 Å². The van der Waals surface area contributed by atoms with E-state index in [1.165, 1.54) is 18.4 Å². The molecule has 0 bridgehead atoms. The van der Waals surface area contributed by atoms with E-state index in [2.05, 4.69) is 71.9 Å². The highest BCUT2D eigenvalue weighted by atomic mass is 16.1. The summed E-state index contributed by atoms with van der Waals surface area (Å²) in [6.45, 7) is 4.34. The highest BCUT2D eigenvalue weighted by molar-refractivity contribution is 5.48. The third-order valence-corrected chi connectivity index (χ3v) is 7.17. The maximum atomic E-state index is 11.5. The van der Waals surface area contributed by atoms with Crippen LogP contribution in [-0.2, 0) is 10.3 Å². The van der Waals surface area contributed by atoms with Crippen LogP contribution >= 0.6 is 0 Å². The van der Waals surface area contributed by atoms with Crippen molar-refractivity contribution in [1.29, 1.82) is 0 Å². The lowest BCUT2D eigenvalue weighted by atomic mass is 9.68. The van der Waals surface area contributed by atoms with Crippen LogP contribution in [0.3, 0.4) is 0 Å². The number of likely N-dealkylation sites (N-methyl/N-ethyl adjacent to an activating group) is 1. The molecule has 1 aromatic rings. The molecule has 0 radical (unpaired) electrons. The van der Waals surface area contributed by atoms with Gasteiger partial charge in [0.15, 0.2) is 0 Å². The van der Waals surface area contributed by atoms with E-state index in [0.29, 0.717) is 0 Å². The van der Waals surface area contributed by atoms with Gasteiger partial charge in [0.1, 0.15) is 0 Å². The molecule has 3 rings (SSSR count). The number of rotatable bonds is 8. The number of amides is 1. The van der Waals surface area contributed by atoms with Crippen molar-refractivity contribution >= 4 is 6.41 Å². The zero-order valence-electron chi connectivity index (χ0n) is 17.9. The second-order valence-corrected chi connectivity index (χ2v) is 9.22. The number of hydrogen-bond acceptors (Lipinski definition) is 4. The highest BCUT2D eigenvalue weighted by Gasteiger charge is 2.45. The maximum Gasteiger partial charge on any atom is 0.207 e. The molecule has 0 aromatic heterocycles. The Morgan fingerprint density at radius 3 is 2.29 bits per heavy atom. The standard InChI is InChI=1S/C23H38N4O/c1-26(2)23(21-7-5-4-6-8-21)13-11-22(12-14-23,25-19-28)18-27(3)17-20-9-15-24-16-10-20/h4-8,19-20,24H,9-18H2,1-3H3,(H,25,28). The SMILES string of the molecule is CN(CC1CCNCC1)CC1(NC=O)CCC(c2ccccc2)(N(C)C)CC1. The molecule has 28 heavy (non-hydrogen) atoms. The summed E-state index contributed by atoms with van der Waals surface area (Å²) in [6.07, 6.45) is 7.58. The fourth-order valence-corrected chi connectivity index (χ4v) is 5.44. The summed E-state index contributed by atoms with van der Waals surface area (Å²) >= 11 is 0. The Hall–Kier alpha value is -1.43. The molecule has 1 aromatic carbocycles. The quantitative estimate of drug-likeness (QED) is 0.674. The first-order valence-corrected chi connectivity index (χ1v) is 10.8. The van der Waals surface area contributed by atoms with Crippen molar-refractivity contribution < 1.29 is 4.79 Å². The van der Waals surface area contributed by atoms with E-state index >= 15 is 0 Å². The van der Waals surface area contributed by atoms with Gasteiger partial charge in [0.05, 0.1) is 5.54 Å². The average molecular weight is 387 g/mol. The van der Waals surface area contributed by atoms with Crippen LogP contribution < -0.4 is 10.6 Å². The second kappa shape index (κ2) is 9.38. The van der Waals surface area contributed by atoms with Crippen molar-refractivity contribution in [2.75, 3.05) is 47.3 Å². The molecule has 2 N–H and O–H groups in total. The molecule has 0 atom stereocenters. The smallest absolute Gasteiger partial charge is 0.207 e. The van der Waals surface area contributed by atoms with E-state index in [4.69, 9.17) is 0 Å². The molecule has 1 heterocycles. The molecular weight excluding hydrogens is 348 g/mol. The van der Waals surface area contributed by atoms with E-state index in [9.17, 15) is 4.79 Å². The van der Waals surface area contributed by atoms with Gasteiger partial charge in [-0.3, -0.25) is 9.69 Å². The summed E-state index contributed by atoms with van der Waals surface area (Å²) in [5, 5.41) is 6.69. The van der Waals surface area contributed by atoms with Gasteiger partial charge in [0, 0.05) is 18.6 Å². The molecule has 1 amide bonds. The van der Waals surface area contributed by atoms with Gasteiger partial charge >= 0.3 is 0 Å². The molecule has 1 saturated heterocycles. The van der Waals surface area contributed by atoms with E-state index < -0.39 is 0 Å². The molecule has 0 unspecified atom stereocenters. The highest BCUT2D eigenvalue weighted by Crippen LogP contribution is 2.44. The molecule has 2 aliphatic rings. The summed E-state index contributed by atoms with van der Waals surface area (Å²) in [6, 6.07) is 10.9. The molecule has 156 valence electrons. The van der Waals surface area contributed by atoms with Crippen LogP contribution in [-0.4, -0.2) is 69.1 Å². The molecule has 5 heteroatoms. The molecule has 5 nitrogen and oxygen atoms in total. The van der Waals surface area contributed by atoms with Crippen LogP contribution in [0.15, 0.2) is 30.3 Å². The van der Waals surface area contributed by atoms with Gasteiger partial charge in [-0.2, -0.15) is 0 Å². The molecule has 2 fully saturated rings. The zero-order valence-corrected chi connectivity index (χ0v) is 17.9. The largest absolute Gasteiger partial charge is 0.352 e. The average Bonchev–Trinajstić information content (AvgIpc) is 2.70. The van der Waals surface area contributed by atoms with Gasteiger partial charge in [0.25, 0.3) is 0 Å². The predicted octanol–water partition coefficient (Wildman–Crippen LogP) is 2.43. The first-order chi connectivity index (χ1) is 13.5. The van der Waals surface area contributed by atoms with Gasteiger partial charge in [-0.15, -0.1) is 0 Å². The zero-order chi connectivity index (χ0) is 20.0. The Kier molecular flexibility index (Phi) is 7.13. The maximum absolute atomic E-state index is 11.5. The van der Waals surface area contributed by atoms with Crippen molar-refractivity contribution in [2.45, 2.75) is 49.6 Å². The molecule has 0 spiro atoms. The number of carbonyl (C=O) groups is 1. The van der Waals surface area contributed by atoms with Crippen LogP contribution in [0.2, 0.25) is 0 Å². The normalized spacial score (nSPS) is 29.2. The van der Waals surface area contributed by atoms with Crippen LogP contribution in [0.4, 0.5) is 0 Å². The first kappa shape index (κ1) is 21.3. The van der Waals surface area contributed by atoms with Crippen molar-refractivity contribution in [1.82, 2.24) is 20.4 Å². The Morgan fingerprint density at radius 2 is 1.71 bits per heavy atom. The fraction of sp³-hybridized carbons (Fsp3) is 0.696. The van der Waals surface area contributed by atoms with Gasteiger partial charge in [-0.05, 0) is 84.2 Å². The molecule has 1 saturated carbocycles. The van der Waals surface area contributed by atoms with Crippen molar-refractivity contribution in [2.24, 2.45) is 5.92 Å². The molecule has 1 aliphatic heterocycles. The Morgan fingerprint density at radius 1 is 1.07 bits per heavy atom. The summed E-state index contributed by atoms with van der Waals surface area (Å²) in [4.78, 5) is 16.3. The van der Waals surface area contributed by atoms with E-state index in [0.717, 1.165) is 64.2 Å². The third-order valence-electron chi connectivity index (χ3n) is 7.17. The summed E-state index contributed by atoms with van der Waals surface area (Å²) in [7, 11) is 6.61. The lowest BCUT2D eigenvalue weighted by Crippen LogP contribution is -2.59. The van der Waals surface area contributed by atoms with E-state index in [1.807, 2.05) is 0 Å². The second-order valence-electron chi connectivity index (χ2n) is 9.22. The Labute approximate surface area is 170 Å². The van der Waals surface area contributed by atoms with Crippen LogP contribution in [0, 0.1) is 5.92 Å². The van der Waals surface area contributed by atoms with Gasteiger partial charge in [0.2, 0.25) is 6.41 Å². The lowest BCUT2D eigenvalue weighted by Gasteiger charge is -2.51. The number of nitrogens with zero attached hydrogens (tertiary/aromatic N) is 2. The monoisotopic (exact) mass is 386 g/mol. The number of benzene rings is 1. The number of hydrogen-bond donors (Lipinski definition) is 2. The minimum atomic E-state index is -0.113. The lowest BCUT2D eigenvalue weighted by molar-refractivity contribution is -0.112. The van der Waals surface area contributed by atoms with Gasteiger partial charge in [-0.25, -0.2) is 0 Å². The summed E-state index contributed by atoms with van der Waals surface area (Å²) in [5.41, 5.74) is 1.34. The summed E-state index contributed by atoms with van der Waals surface area (Å²) < 4.78 is 0. The predicted molar refractivity (Wildman–Crippen MR) is 115 cm³/mol. The van der Waals surface area contributed by atoms with Crippen molar-refractivity contribution in [3.8, 4) is 0 Å². The Balaban J connectivity index is 1.68. The van der Waals surface area contributed by atoms with E-state index in [-0.39, 0.29) is 11.1 Å². The van der Waals surface area contributed by atoms with E-state index in [1.54, 1.807) is 0 Å². The van der Waals surface area contributed by atoms with Crippen molar-refractivity contribution in [3.63, 3.8) is 0 Å². The number of piperidine rings is 1. The minimum Gasteiger partial charge on any atom is -0.352 e.